The lowest BCUT2D eigenvalue weighted by atomic mass is 10.4. The van der Waals surface area contributed by atoms with Crippen molar-refractivity contribution in [2.75, 3.05) is 0 Å². The molecule has 0 bridgehead atoms. The van der Waals surface area contributed by atoms with Gasteiger partial charge in [-0.1, -0.05) is 6.07 Å². The maximum absolute atomic E-state index is 12.0. The van der Waals surface area contributed by atoms with Crippen LogP contribution in [-0.4, -0.2) is 23.6 Å². The van der Waals surface area contributed by atoms with Gasteiger partial charge in [0, 0.05) is 18.3 Å². The molecule has 2 aromatic rings. The van der Waals surface area contributed by atoms with E-state index in [0.717, 1.165) is 0 Å². The molecule has 0 amide bonds. The SMILES string of the molecule is NCc1cn[nH]c1S(=O)(=O)NCc1ccccn1. The third kappa shape index (κ3) is 2.73. The Labute approximate surface area is 104 Å². The fourth-order valence-electron chi connectivity index (χ4n) is 1.42. The molecule has 18 heavy (non-hydrogen) atoms. The van der Waals surface area contributed by atoms with Crippen LogP contribution in [0.4, 0.5) is 0 Å². The van der Waals surface area contributed by atoms with Crippen LogP contribution in [0.5, 0.6) is 0 Å². The first-order valence-corrected chi connectivity index (χ1v) is 6.73. The van der Waals surface area contributed by atoms with E-state index in [-0.39, 0.29) is 18.1 Å². The predicted molar refractivity (Wildman–Crippen MR) is 64.7 cm³/mol. The normalized spacial score (nSPS) is 11.6. The number of nitrogens with one attached hydrogen (secondary N) is 2. The Morgan fingerprint density at radius 1 is 1.39 bits per heavy atom. The van der Waals surface area contributed by atoms with Crippen LogP contribution >= 0.6 is 0 Å². The van der Waals surface area contributed by atoms with Gasteiger partial charge in [-0.05, 0) is 12.1 Å². The van der Waals surface area contributed by atoms with E-state index in [0.29, 0.717) is 11.3 Å². The Morgan fingerprint density at radius 2 is 2.22 bits per heavy atom. The third-order valence-electron chi connectivity index (χ3n) is 2.34. The molecule has 2 heterocycles. The molecule has 0 fully saturated rings. The number of nitrogens with zero attached hydrogens (tertiary/aromatic N) is 2. The molecule has 0 saturated heterocycles. The molecular formula is C10H13N5O2S. The fourth-order valence-corrected chi connectivity index (χ4v) is 2.56. The molecule has 0 unspecified atom stereocenters. The van der Waals surface area contributed by atoms with Gasteiger partial charge < -0.3 is 5.73 Å². The minimum Gasteiger partial charge on any atom is -0.326 e. The van der Waals surface area contributed by atoms with E-state index in [1.165, 1.54) is 6.20 Å². The number of H-pyrrole nitrogens is 1. The molecule has 7 nitrogen and oxygen atoms in total. The lowest BCUT2D eigenvalue weighted by molar-refractivity contribution is 0.574. The number of hydrogen-bond acceptors (Lipinski definition) is 5. The number of sulfonamides is 1. The summed E-state index contributed by atoms with van der Waals surface area (Å²) in [4.78, 5) is 4.03. The van der Waals surface area contributed by atoms with Crippen molar-refractivity contribution in [2.24, 2.45) is 5.73 Å². The maximum atomic E-state index is 12.0. The zero-order chi connectivity index (χ0) is 13.0. The van der Waals surface area contributed by atoms with Crippen LogP contribution in [0.2, 0.25) is 0 Å². The summed E-state index contributed by atoms with van der Waals surface area (Å²) >= 11 is 0. The summed E-state index contributed by atoms with van der Waals surface area (Å²) in [7, 11) is -3.65. The van der Waals surface area contributed by atoms with E-state index in [1.807, 2.05) is 0 Å². The van der Waals surface area contributed by atoms with Gasteiger partial charge in [-0.3, -0.25) is 10.1 Å². The highest BCUT2D eigenvalue weighted by Gasteiger charge is 2.19. The van der Waals surface area contributed by atoms with Crippen molar-refractivity contribution in [3.8, 4) is 0 Å². The first-order chi connectivity index (χ1) is 8.63. The van der Waals surface area contributed by atoms with Crippen molar-refractivity contribution in [3.05, 3.63) is 41.9 Å². The lowest BCUT2D eigenvalue weighted by Gasteiger charge is -2.05. The van der Waals surface area contributed by atoms with Gasteiger partial charge in [0.2, 0.25) is 0 Å². The van der Waals surface area contributed by atoms with Crippen LogP contribution in [0, 0.1) is 0 Å². The number of pyridine rings is 1. The Kier molecular flexibility index (Phi) is 3.70. The monoisotopic (exact) mass is 267 g/mol. The van der Waals surface area contributed by atoms with Crippen molar-refractivity contribution in [2.45, 2.75) is 18.1 Å². The van der Waals surface area contributed by atoms with Gasteiger partial charge in [0.1, 0.15) is 0 Å². The largest absolute Gasteiger partial charge is 0.326 e. The van der Waals surface area contributed by atoms with Crippen LogP contribution in [0.1, 0.15) is 11.3 Å². The van der Waals surface area contributed by atoms with Crippen LogP contribution in [0.15, 0.2) is 35.6 Å². The van der Waals surface area contributed by atoms with Crippen molar-refractivity contribution in [1.82, 2.24) is 19.9 Å². The molecule has 2 aromatic heterocycles. The highest BCUT2D eigenvalue weighted by Crippen LogP contribution is 2.11. The highest BCUT2D eigenvalue weighted by atomic mass is 32.2. The van der Waals surface area contributed by atoms with Gasteiger partial charge in [-0.15, -0.1) is 0 Å². The van der Waals surface area contributed by atoms with E-state index < -0.39 is 10.0 Å². The molecule has 4 N–H and O–H groups in total. The fraction of sp³-hybridized carbons (Fsp3) is 0.200. The van der Waals surface area contributed by atoms with Gasteiger partial charge in [-0.25, -0.2) is 13.1 Å². The van der Waals surface area contributed by atoms with Crippen molar-refractivity contribution in [1.29, 1.82) is 0 Å². The van der Waals surface area contributed by atoms with Crippen molar-refractivity contribution >= 4 is 10.0 Å². The zero-order valence-electron chi connectivity index (χ0n) is 9.50. The summed E-state index contributed by atoms with van der Waals surface area (Å²) in [6.45, 7) is 0.225. The van der Waals surface area contributed by atoms with E-state index in [4.69, 9.17) is 5.73 Å². The molecule has 0 spiro atoms. The van der Waals surface area contributed by atoms with Crippen molar-refractivity contribution < 1.29 is 8.42 Å². The van der Waals surface area contributed by atoms with Gasteiger partial charge in [0.15, 0.2) is 5.03 Å². The number of aromatic amines is 1. The first kappa shape index (κ1) is 12.7. The summed E-state index contributed by atoms with van der Waals surface area (Å²) in [5, 5.41) is 6.11. The van der Waals surface area contributed by atoms with Crippen LogP contribution in [0.3, 0.4) is 0 Å². The lowest BCUT2D eigenvalue weighted by Crippen LogP contribution is -2.25. The minimum atomic E-state index is -3.65. The third-order valence-corrected chi connectivity index (χ3v) is 3.75. The van der Waals surface area contributed by atoms with Gasteiger partial charge in [0.25, 0.3) is 10.0 Å². The zero-order valence-corrected chi connectivity index (χ0v) is 10.3. The molecule has 0 aliphatic carbocycles. The maximum Gasteiger partial charge on any atom is 0.258 e. The van der Waals surface area contributed by atoms with E-state index >= 15 is 0 Å². The Balaban J connectivity index is 2.13. The second kappa shape index (κ2) is 5.25. The van der Waals surface area contributed by atoms with E-state index in [2.05, 4.69) is 19.9 Å². The molecular weight excluding hydrogens is 254 g/mol. The molecule has 2 rings (SSSR count). The molecule has 0 atom stereocenters. The first-order valence-electron chi connectivity index (χ1n) is 5.25. The predicted octanol–water partition coefficient (Wildman–Crippen LogP) is -0.258. The molecule has 0 aliphatic heterocycles. The summed E-state index contributed by atoms with van der Waals surface area (Å²) in [5.41, 5.74) is 6.52. The Bertz CT molecular complexity index is 608. The molecule has 96 valence electrons. The standard InChI is InChI=1S/C10H13N5O2S/c11-5-8-6-13-15-10(8)18(16,17)14-7-9-3-1-2-4-12-9/h1-4,6,14H,5,7,11H2,(H,13,15). The molecule has 0 saturated carbocycles. The van der Waals surface area contributed by atoms with E-state index in [9.17, 15) is 8.42 Å². The Morgan fingerprint density at radius 3 is 2.89 bits per heavy atom. The summed E-state index contributed by atoms with van der Waals surface area (Å²) in [5.74, 6) is 0. The van der Waals surface area contributed by atoms with Gasteiger partial charge >= 0.3 is 0 Å². The number of nitrogens with two attached hydrogens (primary N) is 1. The average Bonchev–Trinajstić information content (AvgIpc) is 2.87. The number of rotatable bonds is 5. The average molecular weight is 267 g/mol. The summed E-state index contributed by atoms with van der Waals surface area (Å²) in [6, 6.07) is 5.29. The topological polar surface area (TPSA) is 114 Å². The van der Waals surface area contributed by atoms with Gasteiger partial charge in [0.05, 0.1) is 18.4 Å². The summed E-state index contributed by atoms with van der Waals surface area (Å²) in [6.07, 6.45) is 3.00. The van der Waals surface area contributed by atoms with Crippen LogP contribution < -0.4 is 10.5 Å². The second-order valence-corrected chi connectivity index (χ2v) is 5.28. The molecule has 0 aliphatic rings. The quantitative estimate of drug-likeness (QED) is 0.690. The molecule has 0 radical (unpaired) electrons. The number of aromatic nitrogens is 3. The van der Waals surface area contributed by atoms with Crippen LogP contribution in [0.25, 0.3) is 0 Å². The molecule has 0 aromatic carbocycles. The van der Waals surface area contributed by atoms with Crippen LogP contribution in [-0.2, 0) is 23.1 Å². The highest BCUT2D eigenvalue weighted by molar-refractivity contribution is 7.89. The second-order valence-electron chi connectivity index (χ2n) is 3.57. The Hall–Kier alpha value is -1.77. The number of hydrogen-bond donors (Lipinski definition) is 3. The smallest absolute Gasteiger partial charge is 0.258 e. The van der Waals surface area contributed by atoms with E-state index in [1.54, 1.807) is 24.4 Å². The summed E-state index contributed by atoms with van der Waals surface area (Å²) < 4.78 is 26.4. The molecule has 8 heteroatoms. The minimum absolute atomic E-state index is 0.000862. The van der Waals surface area contributed by atoms with Gasteiger partial charge in [-0.2, -0.15) is 5.10 Å². The van der Waals surface area contributed by atoms with Crippen molar-refractivity contribution in [3.63, 3.8) is 0 Å².